The fourth-order valence-electron chi connectivity index (χ4n) is 0.689. The van der Waals surface area contributed by atoms with Gasteiger partial charge < -0.3 is 10.3 Å². The first-order valence-corrected chi connectivity index (χ1v) is 5.94. The summed E-state index contributed by atoms with van der Waals surface area (Å²) in [6, 6.07) is 0. The minimum Gasteiger partial charge on any atom is -0.427 e. The number of imidazole rings is 1. The van der Waals surface area contributed by atoms with Gasteiger partial charge in [-0.15, -0.1) is 0 Å². The van der Waals surface area contributed by atoms with Crippen LogP contribution >= 0.6 is 0 Å². The predicted octanol–water partition coefficient (Wildman–Crippen LogP) is -6.23. The number of hydrogen-bond donors (Lipinski definition) is 0. The third-order valence-electron chi connectivity index (χ3n) is 1.19. The molecule has 0 amide bonds. The van der Waals surface area contributed by atoms with Gasteiger partial charge in [-0.25, -0.2) is 9.13 Å². The topological polar surface area (TPSA) is 78.0 Å². The molecule has 1 rings (SSSR count). The molecule has 0 saturated carbocycles. The molecule has 12 heavy (non-hydrogen) atoms. The van der Waals surface area contributed by atoms with Crippen LogP contribution in [0.15, 0.2) is 18.7 Å². The number of aromatic nitrogens is 2. The van der Waals surface area contributed by atoms with E-state index in [1.165, 1.54) is 0 Å². The molecular formula is C6H11IN2O3. The summed E-state index contributed by atoms with van der Waals surface area (Å²) < 4.78 is 29.9. The zero-order valence-corrected chi connectivity index (χ0v) is 9.09. The van der Waals surface area contributed by atoms with E-state index in [9.17, 15) is 0 Å². The van der Waals surface area contributed by atoms with E-state index in [-0.39, 0.29) is 0 Å². The van der Waals surface area contributed by atoms with Gasteiger partial charge in [0.05, 0.1) is 13.6 Å². The van der Waals surface area contributed by atoms with Crippen molar-refractivity contribution in [2.24, 2.45) is 7.05 Å². The molecule has 70 valence electrons. The van der Waals surface area contributed by atoms with E-state index in [1.807, 2.05) is 17.8 Å². The van der Waals surface area contributed by atoms with E-state index in [0.29, 0.717) is 0 Å². The Hall–Kier alpha value is -0.180. The third-order valence-corrected chi connectivity index (χ3v) is 1.19. The summed E-state index contributed by atoms with van der Waals surface area (Å²) in [6.45, 7) is 3.18. The number of nitrogens with zero attached hydrogens (tertiary/aromatic N) is 2. The number of aryl methyl sites for hydroxylation is 2. The Morgan fingerprint density at radius 1 is 1.42 bits per heavy atom. The minimum absolute atomic E-state index is 1.06. The molecule has 0 unspecified atom stereocenters. The van der Waals surface area contributed by atoms with Crippen LogP contribution in [0.1, 0.15) is 6.92 Å². The SMILES string of the molecule is CCn1cc[n+](C)c1.[O-][I+2]([O-])[O-]. The molecule has 0 aromatic carbocycles. The summed E-state index contributed by atoms with van der Waals surface area (Å²) in [5.74, 6) is 0. The summed E-state index contributed by atoms with van der Waals surface area (Å²) >= 11 is -4.01. The first kappa shape index (κ1) is 11.8. The van der Waals surface area contributed by atoms with E-state index in [1.54, 1.807) is 0 Å². The summed E-state index contributed by atoms with van der Waals surface area (Å²) in [6.07, 6.45) is 6.14. The van der Waals surface area contributed by atoms with Crippen LogP contribution in [0.5, 0.6) is 0 Å². The molecule has 0 atom stereocenters. The van der Waals surface area contributed by atoms with Crippen molar-refractivity contribution >= 4 is 0 Å². The quantitative estimate of drug-likeness (QED) is 0.381. The molecule has 0 aliphatic rings. The Morgan fingerprint density at radius 3 is 2.08 bits per heavy atom. The Bertz CT molecular complexity index is 212. The molecule has 1 aromatic heterocycles. The highest BCUT2D eigenvalue weighted by atomic mass is 127. The fraction of sp³-hybridized carbons (Fsp3) is 0.500. The van der Waals surface area contributed by atoms with E-state index >= 15 is 0 Å². The van der Waals surface area contributed by atoms with Gasteiger partial charge in [0, 0.05) is 0 Å². The van der Waals surface area contributed by atoms with Gasteiger partial charge in [-0.3, -0.25) is 0 Å². The molecule has 0 fully saturated rings. The molecule has 5 nitrogen and oxygen atoms in total. The van der Waals surface area contributed by atoms with Gasteiger partial charge in [-0.1, -0.05) is 0 Å². The van der Waals surface area contributed by atoms with E-state index in [4.69, 9.17) is 10.3 Å². The zero-order valence-electron chi connectivity index (χ0n) is 6.94. The van der Waals surface area contributed by atoms with E-state index in [0.717, 1.165) is 6.54 Å². The van der Waals surface area contributed by atoms with Gasteiger partial charge >= 0.3 is 0 Å². The van der Waals surface area contributed by atoms with Crippen LogP contribution in [0.25, 0.3) is 0 Å². The van der Waals surface area contributed by atoms with Crippen LogP contribution in [-0.2, 0) is 13.6 Å². The Balaban J connectivity index is 0.000000261. The standard InChI is InChI=1S/C6H11N2.IO3/c1-3-8-5-4-7(2)6-8;2-1(3)4/h4-6H,3H2,1-2H3;/q+1;-1. The molecule has 0 spiro atoms. The van der Waals surface area contributed by atoms with Crippen molar-refractivity contribution in [1.82, 2.24) is 4.57 Å². The molecule has 0 bridgehead atoms. The lowest BCUT2D eigenvalue weighted by molar-refractivity contribution is -1.73. The van der Waals surface area contributed by atoms with Crippen LogP contribution in [0.3, 0.4) is 0 Å². The van der Waals surface area contributed by atoms with Crippen LogP contribution in [-0.4, -0.2) is 4.57 Å². The Kier molecular flexibility index (Phi) is 6.25. The molecule has 0 saturated heterocycles. The van der Waals surface area contributed by atoms with Gasteiger partial charge in [0.1, 0.15) is 12.4 Å². The second kappa shape index (κ2) is 6.35. The highest BCUT2D eigenvalue weighted by Crippen LogP contribution is 1.79. The van der Waals surface area contributed by atoms with Gasteiger partial charge in [-0.05, 0) is 6.92 Å². The second-order valence-corrected chi connectivity index (χ2v) is 3.18. The Labute approximate surface area is 79.9 Å². The molecular weight excluding hydrogens is 275 g/mol. The van der Waals surface area contributed by atoms with Crippen LogP contribution < -0.4 is 35.9 Å². The van der Waals surface area contributed by atoms with Gasteiger partial charge in [-0.2, -0.15) is 0 Å². The largest absolute Gasteiger partial charge is 0.427 e. The van der Waals surface area contributed by atoms with Crippen molar-refractivity contribution < 1.29 is 35.9 Å². The summed E-state index contributed by atoms with van der Waals surface area (Å²) in [5.41, 5.74) is 0. The maximum Gasteiger partial charge on any atom is 0.282 e. The smallest absolute Gasteiger partial charge is 0.282 e. The number of halogens is 1. The first-order chi connectivity index (χ1) is 5.56. The summed E-state index contributed by atoms with van der Waals surface area (Å²) in [5, 5.41) is 0. The van der Waals surface area contributed by atoms with Crippen molar-refractivity contribution in [2.45, 2.75) is 13.5 Å². The van der Waals surface area contributed by atoms with E-state index in [2.05, 4.69) is 24.0 Å². The lowest BCUT2D eigenvalue weighted by atomic mass is 10.7. The van der Waals surface area contributed by atoms with Crippen molar-refractivity contribution in [1.29, 1.82) is 0 Å². The van der Waals surface area contributed by atoms with E-state index < -0.39 is 21.1 Å². The van der Waals surface area contributed by atoms with Crippen LogP contribution in [0.4, 0.5) is 0 Å². The van der Waals surface area contributed by atoms with Gasteiger partial charge in [0.15, 0.2) is 0 Å². The lowest BCUT2D eigenvalue weighted by Gasteiger charge is -1.84. The van der Waals surface area contributed by atoms with Crippen LogP contribution in [0, 0.1) is 0 Å². The van der Waals surface area contributed by atoms with Crippen molar-refractivity contribution in [3.05, 3.63) is 18.7 Å². The molecule has 6 heteroatoms. The summed E-state index contributed by atoms with van der Waals surface area (Å²) in [7, 11) is 2.02. The highest BCUT2D eigenvalue weighted by Gasteiger charge is 1.92. The predicted molar refractivity (Wildman–Crippen MR) is 31.3 cm³/mol. The molecule has 1 heterocycles. The van der Waals surface area contributed by atoms with Crippen molar-refractivity contribution in [3.63, 3.8) is 0 Å². The maximum atomic E-state index is 8.57. The van der Waals surface area contributed by atoms with Gasteiger partial charge in [0.25, 0.3) is 21.1 Å². The maximum absolute atomic E-state index is 8.57. The molecule has 0 N–H and O–H groups in total. The monoisotopic (exact) mass is 286 g/mol. The average molecular weight is 286 g/mol. The average Bonchev–Trinajstić information content (AvgIpc) is 2.34. The summed E-state index contributed by atoms with van der Waals surface area (Å²) in [4.78, 5) is 0. The second-order valence-electron chi connectivity index (χ2n) is 2.10. The molecule has 1 aromatic rings. The number of rotatable bonds is 1. The van der Waals surface area contributed by atoms with Crippen LogP contribution in [0.2, 0.25) is 0 Å². The van der Waals surface area contributed by atoms with Gasteiger partial charge in [0.2, 0.25) is 6.33 Å². The zero-order chi connectivity index (χ0) is 9.56. The highest BCUT2D eigenvalue weighted by molar-refractivity contribution is 4.63. The van der Waals surface area contributed by atoms with Crippen molar-refractivity contribution in [2.75, 3.05) is 0 Å². The van der Waals surface area contributed by atoms with Crippen molar-refractivity contribution in [3.8, 4) is 0 Å². The first-order valence-electron chi connectivity index (χ1n) is 3.30. The Morgan fingerprint density at radius 2 is 1.92 bits per heavy atom. The number of hydrogen-bond acceptors (Lipinski definition) is 3. The molecule has 0 radical (unpaired) electrons. The normalized spacial score (nSPS) is 9.50. The fourth-order valence-corrected chi connectivity index (χ4v) is 0.689. The lowest BCUT2D eigenvalue weighted by Crippen LogP contribution is -4.05. The molecule has 0 aliphatic heterocycles. The minimum atomic E-state index is -4.01. The third kappa shape index (κ3) is 6.53. The molecule has 0 aliphatic carbocycles.